The van der Waals surface area contributed by atoms with Crippen LogP contribution in [0.15, 0.2) is 36.4 Å². The highest BCUT2D eigenvalue weighted by Gasteiger charge is 2.41. The fourth-order valence-corrected chi connectivity index (χ4v) is 4.84. The number of hydrogen-bond donors (Lipinski definition) is 2. The molecule has 4 nitrogen and oxygen atoms in total. The molecule has 2 N–H and O–H groups in total. The largest absolute Gasteiger partial charge is 0.508 e. The Morgan fingerprint density at radius 2 is 1.80 bits per heavy atom. The van der Waals surface area contributed by atoms with Gasteiger partial charge in [-0.2, -0.15) is 0 Å². The van der Waals surface area contributed by atoms with Crippen molar-refractivity contribution in [3.8, 4) is 11.5 Å². The highest BCUT2D eigenvalue weighted by Crippen LogP contribution is 2.54. The Bertz CT molecular complexity index is 809. The molecule has 0 saturated heterocycles. The van der Waals surface area contributed by atoms with Crippen LogP contribution in [0.2, 0.25) is 0 Å². The van der Waals surface area contributed by atoms with Crippen molar-refractivity contribution in [1.29, 1.82) is 0 Å². The van der Waals surface area contributed by atoms with Gasteiger partial charge in [0.2, 0.25) is 0 Å². The molecule has 3 atom stereocenters. The topological polar surface area (TPSA) is 66.8 Å². The molecule has 1 saturated carbocycles. The first-order valence-corrected chi connectivity index (χ1v) is 8.81. The number of methoxy groups -OCH3 is 1. The number of phenolic OH excluding ortho intramolecular Hbond substituents is 2. The fourth-order valence-electron chi connectivity index (χ4n) is 4.84. The van der Waals surface area contributed by atoms with Crippen molar-refractivity contribution < 1.29 is 19.7 Å². The second-order valence-corrected chi connectivity index (χ2v) is 7.16. The van der Waals surface area contributed by atoms with Crippen molar-refractivity contribution in [2.75, 3.05) is 7.11 Å². The molecule has 0 radical (unpaired) electrons. The quantitative estimate of drug-likeness (QED) is 0.809. The van der Waals surface area contributed by atoms with Crippen molar-refractivity contribution in [3.63, 3.8) is 0 Å². The number of fused-ring (bicyclic) bond motifs is 3. The lowest BCUT2D eigenvalue weighted by Gasteiger charge is -2.37. The van der Waals surface area contributed by atoms with Gasteiger partial charge in [0.05, 0.1) is 12.7 Å². The highest BCUT2D eigenvalue weighted by atomic mass is 16.5. The summed E-state index contributed by atoms with van der Waals surface area (Å²) in [6.45, 7) is 0. The smallest absolute Gasteiger partial charge is 0.338 e. The van der Waals surface area contributed by atoms with Gasteiger partial charge in [0.25, 0.3) is 0 Å². The minimum Gasteiger partial charge on any atom is -0.508 e. The van der Waals surface area contributed by atoms with Crippen LogP contribution in [0, 0.1) is 5.92 Å². The zero-order valence-corrected chi connectivity index (χ0v) is 14.2. The SMILES string of the molecule is COC(=O)c1cc(O)cc2c1C[C@@H](c1ccc(O)cc1)[C@H]1CCC[C@@H]21. The summed E-state index contributed by atoms with van der Waals surface area (Å²) < 4.78 is 4.94. The summed E-state index contributed by atoms with van der Waals surface area (Å²) in [7, 11) is 1.37. The van der Waals surface area contributed by atoms with Gasteiger partial charge < -0.3 is 14.9 Å². The molecule has 1 fully saturated rings. The average molecular weight is 338 g/mol. The molecule has 0 spiro atoms. The maximum Gasteiger partial charge on any atom is 0.338 e. The lowest BCUT2D eigenvalue weighted by atomic mass is 9.67. The summed E-state index contributed by atoms with van der Waals surface area (Å²) in [6.07, 6.45) is 4.15. The Hall–Kier alpha value is -2.49. The lowest BCUT2D eigenvalue weighted by molar-refractivity contribution is 0.0598. The van der Waals surface area contributed by atoms with Crippen molar-refractivity contribution in [2.24, 2.45) is 5.92 Å². The third kappa shape index (κ3) is 2.66. The number of ether oxygens (including phenoxy) is 1. The van der Waals surface area contributed by atoms with Gasteiger partial charge >= 0.3 is 5.97 Å². The maximum absolute atomic E-state index is 12.3. The van der Waals surface area contributed by atoms with Gasteiger partial charge in [-0.05, 0) is 78.0 Å². The molecule has 4 heteroatoms. The predicted molar refractivity (Wildman–Crippen MR) is 94.1 cm³/mol. The maximum atomic E-state index is 12.3. The van der Waals surface area contributed by atoms with Crippen LogP contribution >= 0.6 is 0 Å². The van der Waals surface area contributed by atoms with Crippen molar-refractivity contribution >= 4 is 5.97 Å². The van der Waals surface area contributed by atoms with E-state index in [4.69, 9.17) is 4.74 Å². The number of hydrogen-bond acceptors (Lipinski definition) is 4. The monoisotopic (exact) mass is 338 g/mol. The fraction of sp³-hybridized carbons (Fsp3) is 0.381. The number of esters is 1. The molecule has 0 aromatic heterocycles. The van der Waals surface area contributed by atoms with E-state index < -0.39 is 5.97 Å². The van der Waals surface area contributed by atoms with Crippen molar-refractivity contribution in [1.82, 2.24) is 0 Å². The zero-order valence-electron chi connectivity index (χ0n) is 14.2. The molecule has 2 aliphatic rings. The molecule has 4 rings (SSSR count). The highest BCUT2D eigenvalue weighted by molar-refractivity contribution is 5.92. The van der Waals surface area contributed by atoms with Gasteiger partial charge in [0, 0.05) is 0 Å². The molecule has 0 heterocycles. The van der Waals surface area contributed by atoms with Crippen LogP contribution in [0.3, 0.4) is 0 Å². The first-order valence-electron chi connectivity index (χ1n) is 8.81. The number of benzene rings is 2. The molecule has 2 aromatic carbocycles. The Kier molecular flexibility index (Phi) is 3.91. The number of aromatic hydroxyl groups is 2. The summed E-state index contributed by atoms with van der Waals surface area (Å²) in [5.74, 6) is 1.18. The van der Waals surface area contributed by atoms with Crippen LogP contribution in [0.4, 0.5) is 0 Å². The summed E-state index contributed by atoms with van der Waals surface area (Å²) >= 11 is 0. The van der Waals surface area contributed by atoms with Crippen LogP contribution < -0.4 is 0 Å². The van der Waals surface area contributed by atoms with E-state index in [0.717, 1.165) is 36.8 Å². The average Bonchev–Trinajstić information content (AvgIpc) is 3.11. The molecule has 0 amide bonds. The molecule has 130 valence electrons. The van der Waals surface area contributed by atoms with Crippen LogP contribution in [0.5, 0.6) is 11.5 Å². The molecule has 0 unspecified atom stereocenters. The molecule has 0 bridgehead atoms. The molecule has 2 aliphatic carbocycles. The third-order valence-corrected chi connectivity index (χ3v) is 5.91. The predicted octanol–water partition coefficient (Wildman–Crippen LogP) is 4.11. The summed E-state index contributed by atoms with van der Waals surface area (Å²) in [5, 5.41) is 19.7. The van der Waals surface area contributed by atoms with Gasteiger partial charge in [-0.3, -0.25) is 0 Å². The molecule has 0 aliphatic heterocycles. The lowest BCUT2D eigenvalue weighted by Crippen LogP contribution is -2.27. The molecular weight excluding hydrogens is 316 g/mol. The number of phenols is 2. The van der Waals surface area contributed by atoms with Crippen LogP contribution in [-0.4, -0.2) is 23.3 Å². The molecule has 2 aromatic rings. The van der Waals surface area contributed by atoms with Crippen LogP contribution in [0.25, 0.3) is 0 Å². The van der Waals surface area contributed by atoms with Gasteiger partial charge in [-0.15, -0.1) is 0 Å². The van der Waals surface area contributed by atoms with E-state index in [9.17, 15) is 15.0 Å². The van der Waals surface area contributed by atoms with Crippen molar-refractivity contribution in [3.05, 3.63) is 58.7 Å². The van der Waals surface area contributed by atoms with Gasteiger partial charge in [0.1, 0.15) is 11.5 Å². The number of rotatable bonds is 2. The van der Waals surface area contributed by atoms with E-state index in [1.54, 1.807) is 12.1 Å². The number of carbonyl (C=O) groups is 1. The minimum atomic E-state index is -0.395. The van der Waals surface area contributed by atoms with E-state index in [1.807, 2.05) is 18.2 Å². The third-order valence-electron chi connectivity index (χ3n) is 5.91. The Balaban J connectivity index is 1.84. The van der Waals surface area contributed by atoms with E-state index in [2.05, 4.69) is 0 Å². The van der Waals surface area contributed by atoms with Gasteiger partial charge in [-0.25, -0.2) is 4.79 Å². The Morgan fingerprint density at radius 3 is 2.52 bits per heavy atom. The van der Waals surface area contributed by atoms with E-state index >= 15 is 0 Å². The van der Waals surface area contributed by atoms with E-state index in [-0.39, 0.29) is 11.5 Å². The first-order chi connectivity index (χ1) is 12.1. The number of carbonyl (C=O) groups excluding carboxylic acids is 1. The second kappa shape index (κ2) is 6.10. The summed E-state index contributed by atoms with van der Waals surface area (Å²) in [5.41, 5.74) is 3.79. The van der Waals surface area contributed by atoms with E-state index in [1.165, 1.54) is 18.7 Å². The van der Waals surface area contributed by atoms with Gasteiger partial charge in [-0.1, -0.05) is 18.6 Å². The first kappa shape index (κ1) is 16.0. The van der Waals surface area contributed by atoms with Crippen LogP contribution in [0.1, 0.15) is 58.1 Å². The summed E-state index contributed by atoms with van der Waals surface area (Å²) in [4.78, 5) is 12.3. The minimum absolute atomic E-state index is 0.132. The van der Waals surface area contributed by atoms with E-state index in [0.29, 0.717) is 23.3 Å². The molecular formula is C21H22O4. The zero-order chi connectivity index (χ0) is 17.6. The second-order valence-electron chi connectivity index (χ2n) is 7.16. The summed E-state index contributed by atoms with van der Waals surface area (Å²) in [6, 6.07) is 10.8. The Labute approximate surface area is 147 Å². The Morgan fingerprint density at radius 1 is 1.04 bits per heavy atom. The van der Waals surface area contributed by atoms with Crippen molar-refractivity contribution in [2.45, 2.75) is 37.5 Å². The normalized spacial score (nSPS) is 24.4. The molecule has 25 heavy (non-hydrogen) atoms. The van der Waals surface area contributed by atoms with Crippen LogP contribution in [-0.2, 0) is 11.2 Å². The van der Waals surface area contributed by atoms with Gasteiger partial charge in [0.15, 0.2) is 0 Å². The standard InChI is InChI=1S/C21H22O4/c1-25-21(24)20-10-14(23)9-18-16-4-2-3-15(16)17(11-19(18)20)12-5-7-13(22)8-6-12/h5-10,15-17,22-23H,2-4,11H2,1H3/t15-,16+,17-/m0/s1.